The summed E-state index contributed by atoms with van der Waals surface area (Å²) in [6.07, 6.45) is -4.61. The molecule has 8 nitrogen and oxygen atoms in total. The number of aliphatic hydroxyl groups excluding tert-OH is 3. The minimum absolute atomic E-state index is 0.0567. The van der Waals surface area contributed by atoms with E-state index in [1.807, 2.05) is 0 Å². The highest BCUT2D eigenvalue weighted by molar-refractivity contribution is 14.1. The summed E-state index contributed by atoms with van der Waals surface area (Å²) >= 11 is 1.58. The van der Waals surface area contributed by atoms with Crippen LogP contribution in [0.3, 0.4) is 0 Å². The first-order valence-electron chi connectivity index (χ1n) is 8.24. The summed E-state index contributed by atoms with van der Waals surface area (Å²) in [7, 11) is 0. The number of hydrogen-bond acceptors (Lipinski definition) is 6. The molecule has 2 heterocycles. The van der Waals surface area contributed by atoms with Crippen molar-refractivity contribution < 1.29 is 28.8 Å². The summed E-state index contributed by atoms with van der Waals surface area (Å²) in [6, 6.07) is 6.76. The lowest BCUT2D eigenvalue weighted by Gasteiger charge is -2.22. The standard InChI is InChI=1S/C17H17F2IN2O6/c18-17(19,9-4-2-1-3-5-9)8-22-14(26)10(20)6-21(16(22)27)15-13(25)12(24)11(7-23)28-15/h1-6,11-13,15,23-25H,7-8H2/t11-,12?,13?,15-/m1/s1. The van der Waals surface area contributed by atoms with Crippen LogP contribution in [-0.4, -0.2) is 49.4 Å². The lowest BCUT2D eigenvalue weighted by molar-refractivity contribution is -0.0578. The molecule has 0 radical (unpaired) electrons. The molecule has 1 aromatic carbocycles. The van der Waals surface area contributed by atoms with Crippen molar-refractivity contribution in [1.82, 2.24) is 9.13 Å². The number of aromatic nitrogens is 2. The van der Waals surface area contributed by atoms with Gasteiger partial charge in [0.1, 0.15) is 18.3 Å². The fourth-order valence-electron chi connectivity index (χ4n) is 2.99. The average Bonchev–Trinajstić information content (AvgIpc) is 2.97. The molecule has 2 aromatic rings. The van der Waals surface area contributed by atoms with Gasteiger partial charge in [0.05, 0.1) is 16.7 Å². The molecule has 1 aliphatic rings. The zero-order chi connectivity index (χ0) is 20.6. The van der Waals surface area contributed by atoms with E-state index in [-0.39, 0.29) is 9.13 Å². The predicted molar refractivity (Wildman–Crippen MR) is 101 cm³/mol. The third-order valence-corrected chi connectivity index (χ3v) is 5.24. The summed E-state index contributed by atoms with van der Waals surface area (Å²) in [5.41, 5.74) is -2.40. The van der Waals surface area contributed by atoms with E-state index in [0.717, 1.165) is 10.8 Å². The van der Waals surface area contributed by atoms with E-state index in [2.05, 4.69) is 0 Å². The summed E-state index contributed by atoms with van der Waals surface area (Å²) < 4.78 is 35.6. The normalized spacial score (nSPS) is 25.2. The number of hydrogen-bond donors (Lipinski definition) is 3. The van der Waals surface area contributed by atoms with Crippen LogP contribution in [0, 0.1) is 3.57 Å². The molecule has 0 spiro atoms. The molecule has 2 unspecified atom stereocenters. The molecule has 4 atom stereocenters. The molecule has 1 saturated heterocycles. The van der Waals surface area contributed by atoms with Crippen LogP contribution in [0.1, 0.15) is 11.8 Å². The van der Waals surface area contributed by atoms with Gasteiger partial charge in [-0.2, -0.15) is 8.78 Å². The van der Waals surface area contributed by atoms with Crippen molar-refractivity contribution in [2.24, 2.45) is 0 Å². The highest BCUT2D eigenvalue weighted by Crippen LogP contribution is 2.30. The highest BCUT2D eigenvalue weighted by Gasteiger charge is 2.44. The van der Waals surface area contributed by atoms with E-state index in [1.54, 1.807) is 28.7 Å². The lowest BCUT2D eigenvalue weighted by atomic mass is 10.1. The van der Waals surface area contributed by atoms with Gasteiger partial charge in [0, 0.05) is 11.8 Å². The van der Waals surface area contributed by atoms with Crippen molar-refractivity contribution in [3.63, 3.8) is 0 Å². The van der Waals surface area contributed by atoms with Crippen molar-refractivity contribution in [3.8, 4) is 0 Å². The number of halogens is 3. The Morgan fingerprint density at radius 1 is 1.14 bits per heavy atom. The molecule has 0 bridgehead atoms. The molecule has 0 saturated carbocycles. The van der Waals surface area contributed by atoms with Gasteiger partial charge in [0.2, 0.25) is 0 Å². The molecule has 0 aliphatic carbocycles. The van der Waals surface area contributed by atoms with Crippen LogP contribution in [0.5, 0.6) is 0 Å². The quantitative estimate of drug-likeness (QED) is 0.489. The van der Waals surface area contributed by atoms with Gasteiger partial charge in [-0.25, -0.2) is 4.79 Å². The Labute approximate surface area is 170 Å². The number of benzene rings is 1. The van der Waals surface area contributed by atoms with Gasteiger partial charge in [-0.1, -0.05) is 30.3 Å². The number of nitrogens with zero attached hydrogens (tertiary/aromatic N) is 2. The molecular weight excluding hydrogens is 493 g/mol. The predicted octanol–water partition coefficient (Wildman–Crippen LogP) is 0.0181. The number of alkyl halides is 2. The van der Waals surface area contributed by atoms with Crippen LogP contribution in [0.4, 0.5) is 8.78 Å². The van der Waals surface area contributed by atoms with Crippen LogP contribution in [0.25, 0.3) is 0 Å². The largest absolute Gasteiger partial charge is 0.394 e. The van der Waals surface area contributed by atoms with Crippen LogP contribution < -0.4 is 11.2 Å². The van der Waals surface area contributed by atoms with Crippen molar-refractivity contribution in [3.05, 3.63) is 66.5 Å². The summed E-state index contributed by atoms with van der Waals surface area (Å²) in [5, 5.41) is 29.2. The zero-order valence-corrected chi connectivity index (χ0v) is 16.4. The maximum absolute atomic E-state index is 14.6. The summed E-state index contributed by atoms with van der Waals surface area (Å²) in [6.45, 7) is -1.83. The second-order valence-electron chi connectivity index (χ2n) is 6.36. The third-order valence-electron chi connectivity index (χ3n) is 4.50. The SMILES string of the molecule is O=c1c(I)cn([C@@H]2O[C@H](CO)C(O)C2O)c(=O)n1CC(F)(F)c1ccccc1. The van der Waals surface area contributed by atoms with Gasteiger partial charge in [-0.15, -0.1) is 0 Å². The Morgan fingerprint density at radius 3 is 2.36 bits per heavy atom. The van der Waals surface area contributed by atoms with E-state index in [1.165, 1.54) is 24.3 Å². The molecule has 11 heteroatoms. The Hall–Kier alpha value is -1.67. The Bertz CT molecular complexity index is 964. The number of aliphatic hydroxyl groups is 3. The Morgan fingerprint density at radius 2 is 1.79 bits per heavy atom. The molecule has 1 aliphatic heterocycles. The molecule has 1 fully saturated rings. The molecule has 1 aromatic heterocycles. The van der Waals surface area contributed by atoms with E-state index in [9.17, 15) is 33.7 Å². The van der Waals surface area contributed by atoms with E-state index in [4.69, 9.17) is 4.74 Å². The fourth-order valence-corrected chi connectivity index (χ4v) is 3.58. The zero-order valence-electron chi connectivity index (χ0n) is 14.3. The van der Waals surface area contributed by atoms with Gasteiger partial charge in [0.25, 0.3) is 11.5 Å². The van der Waals surface area contributed by atoms with E-state index < -0.39 is 54.9 Å². The smallest absolute Gasteiger partial charge is 0.333 e. The molecule has 28 heavy (non-hydrogen) atoms. The fraction of sp³-hybridized carbons (Fsp3) is 0.412. The van der Waals surface area contributed by atoms with Gasteiger partial charge in [0.15, 0.2) is 6.23 Å². The Balaban J connectivity index is 2.04. The van der Waals surface area contributed by atoms with Crippen molar-refractivity contribution in [2.45, 2.75) is 37.0 Å². The maximum atomic E-state index is 14.6. The Kier molecular flexibility index (Phi) is 6.00. The molecule has 3 rings (SSSR count). The maximum Gasteiger partial charge on any atom is 0.333 e. The second-order valence-corrected chi connectivity index (χ2v) is 7.52. The van der Waals surface area contributed by atoms with Gasteiger partial charge >= 0.3 is 5.69 Å². The molecule has 0 amide bonds. The van der Waals surface area contributed by atoms with E-state index >= 15 is 0 Å². The van der Waals surface area contributed by atoms with Gasteiger partial charge < -0.3 is 20.1 Å². The molecule has 152 valence electrons. The first-order valence-corrected chi connectivity index (χ1v) is 9.32. The molecular formula is C17H17F2IN2O6. The van der Waals surface area contributed by atoms with Crippen LogP contribution in [0.15, 0.2) is 46.1 Å². The van der Waals surface area contributed by atoms with Gasteiger partial charge in [-0.3, -0.25) is 13.9 Å². The first kappa shape index (κ1) is 21.0. The van der Waals surface area contributed by atoms with Crippen molar-refractivity contribution >= 4 is 22.6 Å². The highest BCUT2D eigenvalue weighted by atomic mass is 127. The summed E-state index contributed by atoms with van der Waals surface area (Å²) in [4.78, 5) is 25.1. The third kappa shape index (κ3) is 3.76. The number of rotatable bonds is 5. The lowest BCUT2D eigenvalue weighted by Crippen LogP contribution is -2.46. The average molecular weight is 510 g/mol. The second kappa shape index (κ2) is 7.99. The number of ether oxygens (including phenoxy) is 1. The molecule has 3 N–H and O–H groups in total. The van der Waals surface area contributed by atoms with E-state index in [0.29, 0.717) is 4.57 Å². The minimum Gasteiger partial charge on any atom is -0.394 e. The monoisotopic (exact) mass is 510 g/mol. The van der Waals surface area contributed by atoms with Crippen LogP contribution in [0.2, 0.25) is 0 Å². The first-order chi connectivity index (χ1) is 13.2. The topological polar surface area (TPSA) is 114 Å². The van der Waals surface area contributed by atoms with Crippen molar-refractivity contribution in [1.29, 1.82) is 0 Å². The minimum atomic E-state index is -3.51. The van der Waals surface area contributed by atoms with Crippen LogP contribution in [-0.2, 0) is 17.2 Å². The summed E-state index contributed by atoms with van der Waals surface area (Å²) in [5.74, 6) is -3.51. The van der Waals surface area contributed by atoms with Crippen LogP contribution >= 0.6 is 22.6 Å². The van der Waals surface area contributed by atoms with Crippen molar-refractivity contribution in [2.75, 3.05) is 6.61 Å². The van der Waals surface area contributed by atoms with Gasteiger partial charge in [-0.05, 0) is 22.6 Å².